The maximum Gasteiger partial charge on any atom is 0.233 e. The van der Waals surface area contributed by atoms with Crippen LogP contribution in [0.15, 0.2) is 23.1 Å². The Morgan fingerprint density at radius 1 is 1.21 bits per heavy atom. The van der Waals surface area contributed by atoms with Gasteiger partial charge in [-0.1, -0.05) is 24.2 Å². The molecule has 3 amide bonds. The van der Waals surface area contributed by atoms with Crippen LogP contribution >= 0.6 is 11.3 Å². The van der Waals surface area contributed by atoms with Crippen LogP contribution in [0.2, 0.25) is 0 Å². The van der Waals surface area contributed by atoms with E-state index in [1.165, 1.54) is 28.4 Å². The molecule has 2 fully saturated rings. The molecule has 2 aliphatic rings. The van der Waals surface area contributed by atoms with Crippen molar-refractivity contribution in [3.05, 3.63) is 18.2 Å². The first-order chi connectivity index (χ1) is 13.7. The molecular formula is C19H21N3O5S2. The van der Waals surface area contributed by atoms with Crippen LogP contribution in [0.5, 0.6) is 0 Å². The Morgan fingerprint density at radius 2 is 1.86 bits per heavy atom. The number of thiazole rings is 1. The van der Waals surface area contributed by atoms with Gasteiger partial charge in [-0.2, -0.15) is 0 Å². The Morgan fingerprint density at radius 3 is 2.48 bits per heavy atom. The van der Waals surface area contributed by atoms with Crippen molar-refractivity contribution < 1.29 is 22.8 Å². The molecule has 29 heavy (non-hydrogen) atoms. The normalized spacial score (nSPS) is 22.2. The number of aromatic nitrogens is 1. The Balaban J connectivity index is 1.40. The molecule has 2 heterocycles. The number of imide groups is 1. The number of nitrogens with one attached hydrogen (secondary N) is 1. The number of nitrogens with zero attached hydrogens (tertiary/aromatic N) is 2. The van der Waals surface area contributed by atoms with Crippen molar-refractivity contribution in [2.75, 3.05) is 18.1 Å². The first-order valence-corrected chi connectivity index (χ1v) is 12.2. The molecule has 0 bridgehead atoms. The zero-order valence-corrected chi connectivity index (χ0v) is 17.5. The van der Waals surface area contributed by atoms with Crippen LogP contribution in [0, 0.1) is 11.8 Å². The molecule has 1 aromatic heterocycles. The van der Waals surface area contributed by atoms with E-state index in [4.69, 9.17) is 0 Å². The van der Waals surface area contributed by atoms with E-state index in [9.17, 15) is 22.8 Å². The fourth-order valence-corrected chi connectivity index (χ4v) is 5.68. The number of amides is 3. The number of benzene rings is 1. The summed E-state index contributed by atoms with van der Waals surface area (Å²) in [5.41, 5.74) is 0.590. The number of hydrogen-bond donors (Lipinski definition) is 1. The van der Waals surface area contributed by atoms with Gasteiger partial charge >= 0.3 is 0 Å². The number of sulfone groups is 1. The number of carbonyl (C=O) groups excluding carboxylic acids is 3. The molecule has 154 valence electrons. The third-order valence-corrected chi connectivity index (χ3v) is 7.57. The van der Waals surface area contributed by atoms with E-state index in [1.54, 1.807) is 6.07 Å². The van der Waals surface area contributed by atoms with E-state index >= 15 is 0 Å². The molecule has 0 spiro atoms. The lowest BCUT2D eigenvalue weighted by Gasteiger charge is -2.19. The van der Waals surface area contributed by atoms with Gasteiger partial charge in [-0.05, 0) is 31.0 Å². The second kappa shape index (κ2) is 7.49. The molecule has 0 radical (unpaired) electrons. The van der Waals surface area contributed by atoms with Gasteiger partial charge in [-0.15, -0.1) is 0 Å². The summed E-state index contributed by atoms with van der Waals surface area (Å²) in [5.74, 6) is -1.08. The Labute approximate surface area is 172 Å². The van der Waals surface area contributed by atoms with E-state index in [2.05, 4.69) is 10.3 Å². The average Bonchev–Trinajstić information content (AvgIpc) is 3.18. The topological polar surface area (TPSA) is 114 Å². The summed E-state index contributed by atoms with van der Waals surface area (Å²) < 4.78 is 24.0. The minimum Gasteiger partial charge on any atom is -0.302 e. The number of carbonyl (C=O) groups is 3. The predicted molar refractivity (Wildman–Crippen MR) is 108 cm³/mol. The highest BCUT2D eigenvalue weighted by atomic mass is 32.2. The fraction of sp³-hybridized carbons (Fsp3) is 0.474. The van der Waals surface area contributed by atoms with Gasteiger partial charge in [-0.3, -0.25) is 19.3 Å². The van der Waals surface area contributed by atoms with Crippen LogP contribution in [-0.4, -0.2) is 48.8 Å². The summed E-state index contributed by atoms with van der Waals surface area (Å²) in [6.07, 6.45) is 4.56. The average molecular weight is 436 g/mol. The lowest BCUT2D eigenvalue weighted by Crippen LogP contribution is -2.34. The van der Waals surface area contributed by atoms with Crippen LogP contribution in [-0.2, 0) is 24.2 Å². The van der Waals surface area contributed by atoms with Crippen molar-refractivity contribution in [3.8, 4) is 0 Å². The highest BCUT2D eigenvalue weighted by Crippen LogP contribution is 2.38. The smallest absolute Gasteiger partial charge is 0.233 e. The highest BCUT2D eigenvalue weighted by molar-refractivity contribution is 7.90. The standard InChI is InChI=1S/C19H21N3O5S2/c1-29(26,27)11-6-7-14-15(10-11)28-19(20-14)21-16(23)8-9-22-17(24)12-4-2-3-5-13(12)18(22)25/h6-7,10,12-13H,2-5,8-9H2,1H3,(H,20,21,23). The Hall–Kier alpha value is -2.33. The van der Waals surface area contributed by atoms with Gasteiger partial charge in [0.2, 0.25) is 17.7 Å². The van der Waals surface area contributed by atoms with Crippen molar-refractivity contribution in [3.63, 3.8) is 0 Å². The maximum atomic E-state index is 12.5. The second-order valence-corrected chi connectivity index (χ2v) is 10.6. The van der Waals surface area contributed by atoms with E-state index < -0.39 is 9.84 Å². The third kappa shape index (κ3) is 3.91. The van der Waals surface area contributed by atoms with Gasteiger partial charge in [0, 0.05) is 19.2 Å². The summed E-state index contributed by atoms with van der Waals surface area (Å²) in [7, 11) is -3.32. The van der Waals surface area contributed by atoms with Gasteiger partial charge < -0.3 is 5.32 Å². The quantitative estimate of drug-likeness (QED) is 0.721. The van der Waals surface area contributed by atoms with Crippen LogP contribution in [0.3, 0.4) is 0 Å². The zero-order valence-electron chi connectivity index (χ0n) is 15.9. The molecule has 1 saturated heterocycles. The van der Waals surface area contributed by atoms with Crippen molar-refractivity contribution in [2.24, 2.45) is 11.8 Å². The third-order valence-electron chi connectivity index (χ3n) is 5.53. The van der Waals surface area contributed by atoms with Crippen LogP contribution in [0.4, 0.5) is 5.13 Å². The predicted octanol–water partition coefficient (Wildman–Crippen LogP) is 2.20. The van der Waals surface area contributed by atoms with Gasteiger partial charge in [0.15, 0.2) is 15.0 Å². The molecule has 1 saturated carbocycles. The summed E-state index contributed by atoms with van der Waals surface area (Å²) in [6, 6.07) is 4.61. The Bertz CT molecular complexity index is 1080. The largest absolute Gasteiger partial charge is 0.302 e. The molecule has 1 aliphatic heterocycles. The number of fused-ring (bicyclic) bond motifs is 2. The minimum atomic E-state index is -3.32. The van der Waals surface area contributed by atoms with Gasteiger partial charge in [0.05, 0.1) is 26.9 Å². The molecule has 1 aliphatic carbocycles. The monoisotopic (exact) mass is 435 g/mol. The van der Waals surface area contributed by atoms with E-state index in [0.717, 1.165) is 31.9 Å². The summed E-state index contributed by atoms with van der Waals surface area (Å²) in [4.78, 5) is 43.0. The molecule has 8 nitrogen and oxygen atoms in total. The van der Waals surface area contributed by atoms with Gasteiger partial charge in [-0.25, -0.2) is 13.4 Å². The zero-order chi connectivity index (χ0) is 20.8. The molecule has 2 atom stereocenters. The van der Waals surface area contributed by atoms with Gasteiger partial charge in [0.1, 0.15) is 0 Å². The first kappa shape index (κ1) is 20.0. The van der Waals surface area contributed by atoms with Crippen LogP contribution in [0.25, 0.3) is 10.2 Å². The van der Waals surface area contributed by atoms with Gasteiger partial charge in [0.25, 0.3) is 0 Å². The SMILES string of the molecule is CS(=O)(=O)c1ccc2nc(NC(=O)CCN3C(=O)C4CCCCC4C3=O)sc2c1. The molecule has 2 aromatic rings. The summed E-state index contributed by atoms with van der Waals surface area (Å²) >= 11 is 1.18. The number of likely N-dealkylation sites (tertiary alicyclic amines) is 1. The van der Waals surface area contributed by atoms with Crippen molar-refractivity contribution in [2.45, 2.75) is 37.0 Å². The van der Waals surface area contributed by atoms with Crippen molar-refractivity contribution >= 4 is 54.2 Å². The minimum absolute atomic E-state index is 0.00142. The van der Waals surface area contributed by atoms with E-state index in [-0.39, 0.29) is 47.4 Å². The summed E-state index contributed by atoms with van der Waals surface area (Å²) in [5, 5.41) is 3.03. The van der Waals surface area contributed by atoms with Crippen molar-refractivity contribution in [1.82, 2.24) is 9.88 Å². The molecule has 1 aromatic carbocycles. The van der Waals surface area contributed by atoms with E-state index in [1.807, 2.05) is 0 Å². The summed E-state index contributed by atoms with van der Waals surface area (Å²) in [6.45, 7) is 0.0691. The maximum absolute atomic E-state index is 12.5. The number of hydrogen-bond acceptors (Lipinski definition) is 7. The Kier molecular flexibility index (Phi) is 5.16. The lowest BCUT2D eigenvalue weighted by molar-refractivity contribution is -0.140. The lowest BCUT2D eigenvalue weighted by atomic mass is 9.81. The highest BCUT2D eigenvalue weighted by Gasteiger charge is 2.47. The first-order valence-electron chi connectivity index (χ1n) is 9.50. The number of anilines is 1. The number of rotatable bonds is 5. The van der Waals surface area contributed by atoms with E-state index in [0.29, 0.717) is 15.3 Å². The molecule has 1 N–H and O–H groups in total. The molecular weight excluding hydrogens is 414 g/mol. The molecule has 2 unspecified atom stereocenters. The molecule has 4 rings (SSSR count). The van der Waals surface area contributed by atoms with Crippen molar-refractivity contribution in [1.29, 1.82) is 0 Å². The molecule has 10 heteroatoms. The fourth-order valence-electron chi connectivity index (χ4n) is 4.04. The second-order valence-electron chi connectivity index (χ2n) is 7.54. The van der Waals surface area contributed by atoms with Crippen LogP contribution in [0.1, 0.15) is 32.1 Å². The van der Waals surface area contributed by atoms with Crippen LogP contribution < -0.4 is 5.32 Å².